The summed E-state index contributed by atoms with van der Waals surface area (Å²) in [5.41, 5.74) is 0. The molecule has 74 valence electrons. The molecule has 0 saturated heterocycles. The summed E-state index contributed by atoms with van der Waals surface area (Å²) in [6.45, 7) is 0. The van der Waals surface area contributed by atoms with Gasteiger partial charge < -0.3 is 4.74 Å². The van der Waals surface area contributed by atoms with Crippen molar-refractivity contribution in [2.24, 2.45) is 0 Å². The van der Waals surface area contributed by atoms with Crippen molar-refractivity contribution >= 4 is 17.3 Å². The molecule has 0 radical (unpaired) electrons. The topological polar surface area (TPSA) is 9.23 Å². The third-order valence-electron chi connectivity index (χ3n) is 1.94. The Bertz CT molecular complexity index is 194. The molecule has 0 bridgehead atoms. The first-order valence-corrected chi connectivity index (χ1v) is 4.74. The highest BCUT2D eigenvalue weighted by atomic mass is 32.1. The predicted molar refractivity (Wildman–Crippen MR) is 51.1 cm³/mol. The number of hydrogen-bond acceptors (Lipinski definition) is 2. The zero-order valence-corrected chi connectivity index (χ0v) is 8.03. The Morgan fingerprint density at radius 2 is 1.85 bits per heavy atom. The molecule has 0 aliphatic heterocycles. The van der Waals surface area contributed by atoms with Gasteiger partial charge in [0.25, 0.3) is 0 Å². The highest BCUT2D eigenvalue weighted by Crippen LogP contribution is 2.16. The largest absolute Gasteiger partial charge is 0.479 e. The van der Waals surface area contributed by atoms with Gasteiger partial charge in [-0.3, -0.25) is 0 Å². The highest BCUT2D eigenvalue weighted by Gasteiger charge is 2.18. The van der Waals surface area contributed by atoms with Gasteiger partial charge in [-0.2, -0.15) is 0 Å². The number of alkyl halides is 2. The van der Waals surface area contributed by atoms with Gasteiger partial charge in [0.15, 0.2) is 0 Å². The first-order valence-electron chi connectivity index (χ1n) is 4.34. The molecule has 0 aromatic heterocycles. The van der Waals surface area contributed by atoms with E-state index in [1.807, 2.05) is 0 Å². The summed E-state index contributed by atoms with van der Waals surface area (Å²) in [5.74, 6) is 0. The first kappa shape index (κ1) is 10.6. The van der Waals surface area contributed by atoms with Crippen LogP contribution in [0.5, 0.6) is 0 Å². The zero-order valence-electron chi connectivity index (χ0n) is 7.21. The molecule has 0 heterocycles. The van der Waals surface area contributed by atoms with Gasteiger partial charge in [-0.15, -0.1) is 0 Å². The Hall–Kier alpha value is -0.510. The van der Waals surface area contributed by atoms with Crippen LogP contribution in [0.2, 0.25) is 0 Å². The van der Waals surface area contributed by atoms with Crippen molar-refractivity contribution in [3.05, 3.63) is 12.2 Å². The van der Waals surface area contributed by atoms with Crippen LogP contribution >= 0.6 is 12.2 Å². The monoisotopic (exact) mass is 206 g/mol. The lowest BCUT2D eigenvalue weighted by Crippen LogP contribution is -2.21. The van der Waals surface area contributed by atoms with Gasteiger partial charge in [0.2, 0.25) is 5.05 Å². The van der Waals surface area contributed by atoms with Crippen LogP contribution in [0.15, 0.2) is 12.2 Å². The molecule has 0 atom stereocenters. The van der Waals surface area contributed by atoms with E-state index in [1.54, 1.807) is 0 Å². The third kappa shape index (κ3) is 3.81. The summed E-state index contributed by atoms with van der Waals surface area (Å²) in [6.07, 6.45) is 4.67. The molecule has 1 rings (SSSR count). The van der Waals surface area contributed by atoms with Crippen LogP contribution in [-0.4, -0.2) is 17.6 Å². The Kier molecular flexibility index (Phi) is 4.28. The molecule has 0 saturated carbocycles. The Morgan fingerprint density at radius 1 is 1.31 bits per heavy atom. The van der Waals surface area contributed by atoms with Crippen LogP contribution in [0, 0.1) is 0 Å². The number of allylic oxidation sites excluding steroid dienone is 2. The molecule has 13 heavy (non-hydrogen) atoms. The quantitative estimate of drug-likeness (QED) is 0.507. The molecule has 0 unspecified atom stereocenters. The molecule has 1 nitrogen and oxygen atoms in total. The van der Waals surface area contributed by atoms with Crippen molar-refractivity contribution in [3.8, 4) is 0 Å². The van der Waals surface area contributed by atoms with E-state index in [1.165, 1.54) is 0 Å². The maximum atomic E-state index is 12.0. The number of hydrogen-bond donors (Lipinski definition) is 0. The van der Waals surface area contributed by atoms with Gasteiger partial charge in [0, 0.05) is 0 Å². The minimum atomic E-state index is -2.63. The minimum absolute atomic E-state index is 0.128. The average Bonchev–Trinajstić information content (AvgIpc) is 2.32. The molecule has 4 heteroatoms. The van der Waals surface area contributed by atoms with E-state index in [9.17, 15) is 8.78 Å². The van der Waals surface area contributed by atoms with Crippen LogP contribution in [0.1, 0.15) is 25.7 Å². The Labute approximate surface area is 81.8 Å². The number of rotatable bonds is 2. The van der Waals surface area contributed by atoms with E-state index in [0.717, 1.165) is 25.7 Å². The van der Waals surface area contributed by atoms with E-state index >= 15 is 0 Å². The second-order valence-corrected chi connectivity index (χ2v) is 3.39. The minimum Gasteiger partial charge on any atom is -0.479 e. The molecule has 1 aliphatic rings. The molecule has 0 amide bonds. The van der Waals surface area contributed by atoms with E-state index < -0.39 is 11.5 Å². The van der Waals surface area contributed by atoms with Crippen molar-refractivity contribution in [3.63, 3.8) is 0 Å². The molecule has 0 fully saturated rings. The van der Waals surface area contributed by atoms with Crippen LogP contribution < -0.4 is 0 Å². The standard InChI is InChI=1S/C9H12F2OS/c10-8(11)9(13)12-7-5-3-1-2-4-6-7/h1-2,7-8H,3-6H2. The summed E-state index contributed by atoms with van der Waals surface area (Å²) >= 11 is 4.41. The average molecular weight is 206 g/mol. The first-order chi connectivity index (χ1) is 6.20. The molecular formula is C9H12F2OS. The molecule has 0 spiro atoms. The molecule has 0 N–H and O–H groups in total. The maximum absolute atomic E-state index is 12.0. The fourth-order valence-corrected chi connectivity index (χ4v) is 1.41. The summed E-state index contributed by atoms with van der Waals surface area (Å²) in [4.78, 5) is 0. The van der Waals surface area contributed by atoms with Crippen LogP contribution in [0.25, 0.3) is 0 Å². The zero-order chi connectivity index (χ0) is 9.68. The Balaban J connectivity index is 2.32. The predicted octanol–water partition coefficient (Wildman–Crippen LogP) is 3.09. The van der Waals surface area contributed by atoms with Gasteiger partial charge >= 0.3 is 6.43 Å². The summed E-state index contributed by atoms with van der Waals surface area (Å²) < 4.78 is 29.0. The second kappa shape index (κ2) is 5.27. The summed E-state index contributed by atoms with van der Waals surface area (Å²) in [5, 5.41) is -0.563. The molecule has 0 aromatic carbocycles. The van der Waals surface area contributed by atoms with Crippen molar-refractivity contribution in [1.29, 1.82) is 0 Å². The van der Waals surface area contributed by atoms with Gasteiger partial charge in [0.1, 0.15) is 6.10 Å². The van der Waals surface area contributed by atoms with Crippen LogP contribution in [0.3, 0.4) is 0 Å². The van der Waals surface area contributed by atoms with Gasteiger partial charge in [0.05, 0.1) is 0 Å². The van der Waals surface area contributed by atoms with Crippen molar-refractivity contribution < 1.29 is 13.5 Å². The molecular weight excluding hydrogens is 194 g/mol. The fourth-order valence-electron chi connectivity index (χ4n) is 1.28. The molecule has 0 aromatic rings. The lowest BCUT2D eigenvalue weighted by molar-refractivity contribution is 0.123. The SMILES string of the molecule is FC(F)C(=S)OC1CCC=CCC1. The van der Waals surface area contributed by atoms with E-state index in [4.69, 9.17) is 4.74 Å². The van der Waals surface area contributed by atoms with E-state index in [-0.39, 0.29) is 6.10 Å². The van der Waals surface area contributed by atoms with Gasteiger partial charge in [-0.05, 0) is 37.9 Å². The fraction of sp³-hybridized carbons (Fsp3) is 0.667. The highest BCUT2D eigenvalue weighted by molar-refractivity contribution is 7.80. The number of ether oxygens (including phenoxy) is 1. The maximum Gasteiger partial charge on any atom is 0.305 e. The lowest BCUT2D eigenvalue weighted by Gasteiger charge is -2.16. The van der Waals surface area contributed by atoms with E-state index in [2.05, 4.69) is 24.4 Å². The lowest BCUT2D eigenvalue weighted by atomic mass is 10.1. The summed E-state index contributed by atoms with van der Waals surface area (Å²) in [7, 11) is 0. The number of halogens is 2. The van der Waals surface area contributed by atoms with Crippen molar-refractivity contribution in [2.75, 3.05) is 0 Å². The smallest absolute Gasteiger partial charge is 0.305 e. The molecule has 1 aliphatic carbocycles. The van der Waals surface area contributed by atoms with Crippen molar-refractivity contribution in [2.45, 2.75) is 38.2 Å². The number of thiocarbonyl (C=S) groups is 1. The Morgan fingerprint density at radius 3 is 2.31 bits per heavy atom. The van der Waals surface area contributed by atoms with Gasteiger partial charge in [-0.25, -0.2) is 8.78 Å². The third-order valence-corrected chi connectivity index (χ3v) is 2.21. The van der Waals surface area contributed by atoms with Gasteiger partial charge in [-0.1, -0.05) is 12.2 Å². The van der Waals surface area contributed by atoms with Crippen molar-refractivity contribution in [1.82, 2.24) is 0 Å². The normalized spacial score (nSPS) is 18.7. The summed E-state index contributed by atoms with van der Waals surface area (Å²) in [6, 6.07) is 0. The second-order valence-electron chi connectivity index (χ2n) is 2.99. The van der Waals surface area contributed by atoms with Crippen LogP contribution in [-0.2, 0) is 4.74 Å². The van der Waals surface area contributed by atoms with Crippen LogP contribution in [0.4, 0.5) is 8.78 Å². The van der Waals surface area contributed by atoms with E-state index in [0.29, 0.717) is 0 Å².